The summed E-state index contributed by atoms with van der Waals surface area (Å²) in [6.45, 7) is 0. The summed E-state index contributed by atoms with van der Waals surface area (Å²) in [4.78, 5) is 0. The van der Waals surface area contributed by atoms with E-state index in [9.17, 15) is 0 Å². The average molecular weight is 289 g/mol. The van der Waals surface area contributed by atoms with Crippen LogP contribution in [0.25, 0.3) is 0 Å². The second-order valence-corrected chi connectivity index (χ2v) is 5.19. The van der Waals surface area contributed by atoms with Crippen LogP contribution in [0.1, 0.15) is 32.1 Å². The summed E-state index contributed by atoms with van der Waals surface area (Å²) in [7, 11) is 0. The summed E-state index contributed by atoms with van der Waals surface area (Å²) in [6, 6.07) is 0. The van der Waals surface area contributed by atoms with E-state index < -0.39 is 0 Å². The first kappa shape index (κ1) is 11.3. The van der Waals surface area contributed by atoms with Gasteiger partial charge in [0.2, 0.25) is 0 Å². The zero-order valence-corrected chi connectivity index (χ0v) is 10.1. The molecule has 4 heteroatoms. The molecule has 1 aliphatic carbocycles. The summed E-state index contributed by atoms with van der Waals surface area (Å²) >= 11 is 10.3. The third-order valence-electron chi connectivity index (χ3n) is 1.61. The van der Waals surface area contributed by atoms with Gasteiger partial charge < -0.3 is 0 Å². The second kappa shape index (κ2) is 8.44. The van der Waals surface area contributed by atoms with Gasteiger partial charge in [-0.1, -0.05) is 0 Å². The maximum atomic E-state index is 4.26. The fraction of sp³-hybridized carbons (Fsp3) is 1.00. The summed E-state index contributed by atoms with van der Waals surface area (Å²) in [5, 5.41) is 0. The van der Waals surface area contributed by atoms with Crippen LogP contribution >= 0.6 is 23.7 Å². The Balaban J connectivity index is 0.000000236. The van der Waals surface area contributed by atoms with E-state index in [2.05, 4.69) is 27.6 Å². The van der Waals surface area contributed by atoms with E-state index in [0.717, 1.165) is 3.93 Å². The Labute approximate surface area is 85.8 Å². The van der Waals surface area contributed by atoms with Crippen molar-refractivity contribution in [2.45, 2.75) is 36.0 Å². The first-order valence-corrected chi connectivity index (χ1v) is 5.68. The normalized spacial score (nSPS) is 19.5. The zero-order chi connectivity index (χ0) is 7.82. The maximum absolute atomic E-state index is 4.26. The molecule has 0 heterocycles. The minimum absolute atomic E-state index is 1.13. The van der Waals surface area contributed by atoms with Crippen LogP contribution in [0, 0.1) is 0 Å². The van der Waals surface area contributed by atoms with Gasteiger partial charge in [-0.2, -0.15) is 3.84 Å². The molecule has 0 amide bonds. The van der Waals surface area contributed by atoms with Crippen molar-refractivity contribution in [3.8, 4) is 0 Å². The molecule has 0 aliphatic heterocycles. The number of rotatable bonds is 0. The van der Waals surface area contributed by atoms with Crippen LogP contribution in [0.5, 0.6) is 0 Å². The van der Waals surface area contributed by atoms with Crippen molar-refractivity contribution in [2.24, 2.45) is 0 Å². The predicted octanol–water partition coefficient (Wildman–Crippen LogP) is 3.22. The fourth-order valence-electron chi connectivity index (χ4n) is 1.10. The van der Waals surface area contributed by atoms with Crippen LogP contribution in [0.4, 0.5) is 0 Å². The van der Waals surface area contributed by atoms with E-state index in [1.54, 1.807) is 22.5 Å². The summed E-state index contributed by atoms with van der Waals surface area (Å²) in [6.07, 6.45) is 7.58. The van der Waals surface area contributed by atoms with Crippen LogP contribution < -0.4 is 0 Å². The molecule has 59 valence electrons. The van der Waals surface area contributed by atoms with Crippen molar-refractivity contribution in [1.29, 1.82) is 0 Å². The van der Waals surface area contributed by atoms with Crippen LogP contribution in [0.2, 0.25) is 3.93 Å². The third-order valence-corrected chi connectivity index (χ3v) is 3.25. The van der Waals surface area contributed by atoms with Gasteiger partial charge in [0.1, 0.15) is 0 Å². The quantitative estimate of drug-likeness (QED) is 0.622. The van der Waals surface area contributed by atoms with Crippen molar-refractivity contribution in [3.63, 3.8) is 0 Å². The zero-order valence-electron chi connectivity index (χ0n) is 5.78. The Morgan fingerprint density at radius 2 is 1.50 bits per heavy atom. The third kappa shape index (κ3) is 7.45. The Kier molecular flexibility index (Phi) is 9.56. The molecule has 1 aliphatic rings. The minimum atomic E-state index is 1.13. The van der Waals surface area contributed by atoms with E-state index >= 15 is 0 Å². The molecule has 0 N–H and O–H groups in total. The van der Waals surface area contributed by atoms with Gasteiger partial charge in [0.25, 0.3) is 0 Å². The van der Waals surface area contributed by atoms with Crippen LogP contribution in [0.3, 0.4) is 0 Å². The molecule has 1 fully saturated rings. The predicted molar refractivity (Wildman–Crippen MR) is 45.4 cm³/mol. The molecule has 0 bridgehead atoms. The monoisotopic (exact) mass is 289 g/mol. The molecular formula is C6H11Cl2OSn. The average Bonchev–Trinajstić information content (AvgIpc) is 1.91. The van der Waals surface area contributed by atoms with Gasteiger partial charge in [-0.05, 0) is 0 Å². The summed E-state index contributed by atoms with van der Waals surface area (Å²) in [5.74, 6) is 0. The Bertz CT molecular complexity index is 66.8. The van der Waals surface area contributed by atoms with Crippen LogP contribution in [-0.2, 0) is 3.84 Å². The number of halogens is 2. The molecule has 1 rings (SSSR count). The van der Waals surface area contributed by atoms with Gasteiger partial charge in [-0.3, -0.25) is 0 Å². The molecule has 1 saturated carbocycles. The molecule has 0 aromatic carbocycles. The molecule has 0 unspecified atom stereocenters. The molecule has 1 nitrogen and oxygen atoms in total. The van der Waals surface area contributed by atoms with Gasteiger partial charge in [0, 0.05) is 0 Å². The van der Waals surface area contributed by atoms with Gasteiger partial charge in [0.05, 0.1) is 23.7 Å². The number of hydrogen-bond donors (Lipinski definition) is 0. The van der Waals surface area contributed by atoms with Crippen molar-refractivity contribution in [2.75, 3.05) is 0 Å². The van der Waals surface area contributed by atoms with Crippen molar-refractivity contribution < 1.29 is 3.84 Å². The Morgan fingerprint density at radius 3 is 1.70 bits per heavy atom. The van der Waals surface area contributed by atoms with E-state index in [1.807, 2.05) is 0 Å². The molecular weight excluding hydrogens is 278 g/mol. The summed E-state index contributed by atoms with van der Waals surface area (Å²) < 4.78 is 4.32. The number of hydrogen-bond acceptors (Lipinski definition) is 1. The SMILES string of the molecule is ClOCl.[Sn][CH]1CCCCC1. The van der Waals surface area contributed by atoms with Crippen molar-refractivity contribution in [3.05, 3.63) is 0 Å². The van der Waals surface area contributed by atoms with E-state index in [-0.39, 0.29) is 0 Å². The van der Waals surface area contributed by atoms with Gasteiger partial charge >= 0.3 is 58.6 Å². The topological polar surface area (TPSA) is 9.23 Å². The van der Waals surface area contributed by atoms with Gasteiger partial charge in [-0.15, -0.1) is 0 Å². The first-order valence-electron chi connectivity index (χ1n) is 3.41. The van der Waals surface area contributed by atoms with E-state index in [4.69, 9.17) is 0 Å². The molecule has 0 aromatic heterocycles. The standard InChI is InChI=1S/C6H11.Cl2O.Sn/c1-2-4-6-5-3-1;1-3-2;/h1H,2-6H2;;. The second-order valence-electron chi connectivity index (χ2n) is 2.39. The summed E-state index contributed by atoms with van der Waals surface area (Å²) in [5.41, 5.74) is 0. The molecule has 10 heavy (non-hydrogen) atoms. The molecule has 0 atom stereocenters. The molecule has 0 aromatic rings. The van der Waals surface area contributed by atoms with Crippen LogP contribution in [-0.4, -0.2) is 22.5 Å². The fourth-order valence-corrected chi connectivity index (χ4v) is 2.27. The van der Waals surface area contributed by atoms with Crippen LogP contribution in [0.15, 0.2) is 0 Å². The molecule has 0 spiro atoms. The first-order chi connectivity index (χ1) is 4.81. The van der Waals surface area contributed by atoms with E-state index in [1.165, 1.54) is 32.1 Å². The molecule has 0 saturated heterocycles. The van der Waals surface area contributed by atoms with E-state index in [0.29, 0.717) is 0 Å². The molecule has 3 radical (unpaired) electrons. The van der Waals surface area contributed by atoms with Crippen molar-refractivity contribution in [1.82, 2.24) is 0 Å². The Hall–Kier alpha value is 1.34. The van der Waals surface area contributed by atoms with Gasteiger partial charge in [-0.25, -0.2) is 0 Å². The van der Waals surface area contributed by atoms with Gasteiger partial charge in [0.15, 0.2) is 0 Å². The van der Waals surface area contributed by atoms with Crippen molar-refractivity contribution >= 4 is 46.3 Å². The Morgan fingerprint density at radius 1 is 1.10 bits per heavy atom.